The van der Waals surface area contributed by atoms with Crippen LogP contribution in [0.5, 0.6) is 0 Å². The monoisotopic (exact) mass is 223 g/mol. The van der Waals surface area contributed by atoms with Crippen molar-refractivity contribution in [2.45, 2.75) is 13.3 Å². The lowest BCUT2D eigenvalue weighted by Gasteiger charge is -2.04. The van der Waals surface area contributed by atoms with Gasteiger partial charge in [-0.3, -0.25) is 15.5 Å². The molecule has 16 heavy (non-hydrogen) atoms. The zero-order chi connectivity index (χ0) is 12.0. The predicted octanol–water partition coefficient (Wildman–Crippen LogP) is 2.38. The highest BCUT2D eigenvalue weighted by Crippen LogP contribution is 2.22. The maximum atomic E-state index is 10.7. The standard InChI is InChI=1S/C10H13N3O3/c1-3-10(16-2)12-11-8-6-4-5-7-9(8)13(14)15/h4-7,11H,3H2,1-2H3/b12-10+. The van der Waals surface area contributed by atoms with Crippen LogP contribution in [0.3, 0.4) is 0 Å². The average Bonchev–Trinajstić information content (AvgIpc) is 2.30. The molecule has 1 N–H and O–H groups in total. The number of rotatable bonds is 4. The van der Waals surface area contributed by atoms with E-state index in [2.05, 4.69) is 10.5 Å². The fraction of sp³-hybridized carbons (Fsp3) is 0.300. The second kappa shape index (κ2) is 5.69. The second-order valence-electron chi connectivity index (χ2n) is 2.95. The number of para-hydroxylation sites is 2. The number of nitro benzene ring substituents is 1. The lowest BCUT2D eigenvalue weighted by atomic mass is 10.3. The Morgan fingerprint density at radius 1 is 1.56 bits per heavy atom. The molecule has 0 amide bonds. The largest absolute Gasteiger partial charge is 0.483 e. The van der Waals surface area contributed by atoms with Gasteiger partial charge < -0.3 is 4.74 Å². The van der Waals surface area contributed by atoms with E-state index < -0.39 is 4.92 Å². The number of hydrogen-bond acceptors (Lipinski definition) is 5. The Kier molecular flexibility index (Phi) is 4.26. The Labute approximate surface area is 93.1 Å². The molecule has 86 valence electrons. The smallest absolute Gasteiger partial charge is 0.294 e. The van der Waals surface area contributed by atoms with Crippen LogP contribution in [0.2, 0.25) is 0 Å². The molecule has 1 aromatic carbocycles. The number of hydrogen-bond donors (Lipinski definition) is 1. The minimum absolute atomic E-state index is 0.0159. The maximum absolute atomic E-state index is 10.7. The van der Waals surface area contributed by atoms with E-state index in [1.54, 1.807) is 18.2 Å². The minimum atomic E-state index is -0.462. The number of hydrazone groups is 1. The summed E-state index contributed by atoms with van der Waals surface area (Å²) >= 11 is 0. The van der Waals surface area contributed by atoms with Gasteiger partial charge in [-0.05, 0) is 6.07 Å². The molecule has 0 saturated heterocycles. The summed E-state index contributed by atoms with van der Waals surface area (Å²) in [5.74, 6) is 0.484. The number of nitro groups is 1. The summed E-state index contributed by atoms with van der Waals surface area (Å²) in [5.41, 5.74) is 2.94. The van der Waals surface area contributed by atoms with Gasteiger partial charge in [-0.2, -0.15) is 0 Å². The van der Waals surface area contributed by atoms with Crippen molar-refractivity contribution in [2.75, 3.05) is 12.5 Å². The summed E-state index contributed by atoms with van der Waals surface area (Å²) in [5, 5.41) is 14.6. The van der Waals surface area contributed by atoms with Gasteiger partial charge in [0.2, 0.25) is 5.90 Å². The van der Waals surface area contributed by atoms with Gasteiger partial charge in [0, 0.05) is 12.5 Å². The molecule has 0 heterocycles. The zero-order valence-corrected chi connectivity index (χ0v) is 9.14. The van der Waals surface area contributed by atoms with E-state index in [9.17, 15) is 10.1 Å². The highest BCUT2D eigenvalue weighted by Gasteiger charge is 2.11. The van der Waals surface area contributed by atoms with Crippen LogP contribution in [-0.4, -0.2) is 17.9 Å². The van der Waals surface area contributed by atoms with Gasteiger partial charge in [-0.25, -0.2) is 0 Å². The molecule has 1 aromatic rings. The van der Waals surface area contributed by atoms with Gasteiger partial charge in [-0.1, -0.05) is 19.1 Å². The van der Waals surface area contributed by atoms with Crippen LogP contribution in [0, 0.1) is 10.1 Å². The third kappa shape index (κ3) is 2.94. The minimum Gasteiger partial charge on any atom is -0.483 e. The average molecular weight is 223 g/mol. The fourth-order valence-corrected chi connectivity index (χ4v) is 1.12. The number of methoxy groups -OCH3 is 1. The Bertz CT molecular complexity index is 398. The van der Waals surface area contributed by atoms with Crippen LogP contribution in [0.25, 0.3) is 0 Å². The Balaban J connectivity index is 2.89. The van der Waals surface area contributed by atoms with Gasteiger partial charge in [0.25, 0.3) is 5.69 Å². The number of nitrogens with one attached hydrogen (secondary N) is 1. The summed E-state index contributed by atoms with van der Waals surface area (Å²) in [7, 11) is 1.50. The molecule has 0 aliphatic heterocycles. The number of anilines is 1. The Morgan fingerprint density at radius 3 is 2.81 bits per heavy atom. The van der Waals surface area contributed by atoms with E-state index in [1.807, 2.05) is 6.92 Å². The number of ether oxygens (including phenoxy) is 1. The van der Waals surface area contributed by atoms with Crippen molar-refractivity contribution in [1.29, 1.82) is 0 Å². The molecule has 0 unspecified atom stereocenters. The highest BCUT2D eigenvalue weighted by molar-refractivity contribution is 5.77. The van der Waals surface area contributed by atoms with Crippen LogP contribution in [0.1, 0.15) is 13.3 Å². The third-order valence-corrected chi connectivity index (χ3v) is 1.94. The summed E-state index contributed by atoms with van der Waals surface area (Å²) in [6.07, 6.45) is 0.615. The van der Waals surface area contributed by atoms with Crippen molar-refractivity contribution in [3.05, 3.63) is 34.4 Å². The molecule has 0 spiro atoms. The van der Waals surface area contributed by atoms with Gasteiger partial charge in [0.15, 0.2) is 0 Å². The normalized spacial score (nSPS) is 11.0. The molecule has 0 radical (unpaired) electrons. The first kappa shape index (κ1) is 12.0. The molecule has 1 rings (SSSR count). The topological polar surface area (TPSA) is 76.8 Å². The fourth-order valence-electron chi connectivity index (χ4n) is 1.12. The van der Waals surface area contributed by atoms with Crippen molar-refractivity contribution in [1.82, 2.24) is 0 Å². The molecule has 0 saturated carbocycles. The quantitative estimate of drug-likeness (QED) is 0.368. The first-order valence-electron chi connectivity index (χ1n) is 4.79. The second-order valence-corrected chi connectivity index (χ2v) is 2.95. The van der Waals surface area contributed by atoms with Crippen LogP contribution >= 0.6 is 0 Å². The van der Waals surface area contributed by atoms with E-state index in [0.717, 1.165) is 0 Å². The van der Waals surface area contributed by atoms with Crippen molar-refractivity contribution < 1.29 is 9.66 Å². The summed E-state index contributed by atoms with van der Waals surface area (Å²) in [6.45, 7) is 1.88. The van der Waals surface area contributed by atoms with Crippen molar-refractivity contribution in [3.8, 4) is 0 Å². The maximum Gasteiger partial charge on any atom is 0.294 e. The van der Waals surface area contributed by atoms with Gasteiger partial charge in [-0.15, -0.1) is 5.10 Å². The van der Waals surface area contributed by atoms with E-state index in [0.29, 0.717) is 18.0 Å². The number of nitrogens with zero attached hydrogens (tertiary/aromatic N) is 2. The summed E-state index contributed by atoms with van der Waals surface area (Å²) < 4.78 is 4.94. The lowest BCUT2D eigenvalue weighted by Crippen LogP contribution is -2.04. The van der Waals surface area contributed by atoms with Crippen LogP contribution in [-0.2, 0) is 4.74 Å². The number of benzene rings is 1. The lowest BCUT2D eigenvalue weighted by molar-refractivity contribution is -0.384. The van der Waals surface area contributed by atoms with Crippen molar-refractivity contribution >= 4 is 17.3 Å². The van der Waals surface area contributed by atoms with Crippen LogP contribution in [0.15, 0.2) is 29.4 Å². The van der Waals surface area contributed by atoms with E-state index >= 15 is 0 Å². The first-order valence-corrected chi connectivity index (χ1v) is 4.79. The molecule has 6 nitrogen and oxygen atoms in total. The molecule has 0 atom stereocenters. The molecule has 0 bridgehead atoms. The van der Waals surface area contributed by atoms with Gasteiger partial charge in [0.05, 0.1) is 12.0 Å². The Hall–Kier alpha value is -2.11. The van der Waals surface area contributed by atoms with Crippen LogP contribution < -0.4 is 5.43 Å². The molecular formula is C10H13N3O3. The van der Waals surface area contributed by atoms with Crippen molar-refractivity contribution in [3.63, 3.8) is 0 Å². The van der Waals surface area contributed by atoms with Crippen LogP contribution in [0.4, 0.5) is 11.4 Å². The molecule has 0 aliphatic carbocycles. The van der Waals surface area contributed by atoms with E-state index in [4.69, 9.17) is 4.74 Å². The highest BCUT2D eigenvalue weighted by atomic mass is 16.6. The third-order valence-electron chi connectivity index (χ3n) is 1.94. The Morgan fingerprint density at radius 2 is 2.25 bits per heavy atom. The van der Waals surface area contributed by atoms with Gasteiger partial charge >= 0.3 is 0 Å². The van der Waals surface area contributed by atoms with Gasteiger partial charge in [0.1, 0.15) is 5.69 Å². The van der Waals surface area contributed by atoms with E-state index in [1.165, 1.54) is 13.2 Å². The molecule has 0 aliphatic rings. The van der Waals surface area contributed by atoms with Crippen molar-refractivity contribution in [2.24, 2.45) is 5.10 Å². The van der Waals surface area contributed by atoms with E-state index in [-0.39, 0.29) is 5.69 Å². The molecule has 0 fully saturated rings. The molecule has 0 aromatic heterocycles. The zero-order valence-electron chi connectivity index (χ0n) is 9.14. The predicted molar refractivity (Wildman–Crippen MR) is 61.5 cm³/mol. The summed E-state index contributed by atoms with van der Waals surface area (Å²) in [4.78, 5) is 10.2. The first-order chi connectivity index (χ1) is 7.69. The summed E-state index contributed by atoms with van der Waals surface area (Å²) in [6, 6.07) is 6.30. The molecular weight excluding hydrogens is 210 g/mol. The SMILES string of the molecule is CC/C(=N\Nc1ccccc1[N+](=O)[O-])OC. The molecule has 6 heteroatoms.